The maximum absolute atomic E-state index is 11.8. The highest BCUT2D eigenvalue weighted by Crippen LogP contribution is 2.17. The number of hydrogen-bond acceptors (Lipinski definition) is 3. The van der Waals surface area contributed by atoms with Crippen LogP contribution >= 0.6 is 0 Å². The zero-order valence-corrected chi connectivity index (χ0v) is 9.35. The second-order valence-electron chi connectivity index (χ2n) is 4.50. The fourth-order valence-corrected chi connectivity index (χ4v) is 2.16. The maximum atomic E-state index is 11.8. The molecule has 0 radical (unpaired) electrons. The highest BCUT2D eigenvalue weighted by atomic mass is 16.2. The number of likely N-dealkylation sites (tertiary alicyclic amines) is 1. The third-order valence-electron chi connectivity index (χ3n) is 3.20. The van der Waals surface area contributed by atoms with Crippen molar-refractivity contribution in [3.8, 4) is 0 Å². The summed E-state index contributed by atoms with van der Waals surface area (Å²) in [6, 6.07) is -0.375. The van der Waals surface area contributed by atoms with E-state index in [-0.39, 0.29) is 29.8 Å². The van der Waals surface area contributed by atoms with Gasteiger partial charge in [-0.05, 0) is 12.8 Å². The molecule has 1 aliphatic heterocycles. The molecule has 2 amide bonds. The third-order valence-corrected chi connectivity index (χ3v) is 3.20. The highest BCUT2D eigenvalue weighted by molar-refractivity contribution is 5.90. The normalized spacial score (nSPS) is 33.5. The average molecular weight is 223 g/mol. The first-order chi connectivity index (χ1) is 7.58. The molecule has 1 fully saturated rings. The molecule has 0 saturated carbocycles. The summed E-state index contributed by atoms with van der Waals surface area (Å²) in [6.45, 7) is 0.712. The first kappa shape index (κ1) is 11.1. The fourth-order valence-electron chi connectivity index (χ4n) is 2.16. The molecule has 3 N–H and O–H groups in total. The predicted octanol–water partition coefficient (Wildman–Crippen LogP) is -0.763. The van der Waals surface area contributed by atoms with Gasteiger partial charge in [0.2, 0.25) is 11.8 Å². The summed E-state index contributed by atoms with van der Waals surface area (Å²) >= 11 is 0. The first-order valence-electron chi connectivity index (χ1n) is 5.57. The van der Waals surface area contributed by atoms with Gasteiger partial charge in [-0.3, -0.25) is 9.59 Å². The van der Waals surface area contributed by atoms with Gasteiger partial charge in [0.25, 0.3) is 0 Å². The van der Waals surface area contributed by atoms with E-state index in [0.717, 1.165) is 0 Å². The van der Waals surface area contributed by atoms with Gasteiger partial charge in [-0.25, -0.2) is 0 Å². The minimum absolute atomic E-state index is 0.000347. The largest absolute Gasteiger partial charge is 0.344 e. The van der Waals surface area contributed by atoms with E-state index in [4.69, 9.17) is 5.73 Å². The van der Waals surface area contributed by atoms with Gasteiger partial charge in [0.1, 0.15) is 6.04 Å². The minimum atomic E-state index is -0.345. The Labute approximate surface area is 94.7 Å². The Balaban J connectivity index is 1.89. The van der Waals surface area contributed by atoms with Gasteiger partial charge < -0.3 is 16.0 Å². The zero-order valence-electron chi connectivity index (χ0n) is 9.35. The van der Waals surface area contributed by atoms with Crippen LogP contribution in [-0.2, 0) is 9.59 Å². The van der Waals surface area contributed by atoms with Crippen LogP contribution in [0.2, 0.25) is 0 Å². The van der Waals surface area contributed by atoms with Gasteiger partial charge in [0.05, 0.1) is 5.92 Å². The van der Waals surface area contributed by atoms with Crippen LogP contribution in [0.15, 0.2) is 12.2 Å². The smallest absolute Gasteiger partial charge is 0.244 e. The number of carbonyl (C=O) groups excluding carboxylic acids is 2. The van der Waals surface area contributed by atoms with Gasteiger partial charge in [-0.1, -0.05) is 12.2 Å². The Morgan fingerprint density at radius 1 is 1.56 bits per heavy atom. The van der Waals surface area contributed by atoms with Crippen LogP contribution in [0, 0.1) is 5.92 Å². The van der Waals surface area contributed by atoms with E-state index in [1.807, 2.05) is 12.2 Å². The van der Waals surface area contributed by atoms with Crippen molar-refractivity contribution in [2.45, 2.75) is 24.9 Å². The van der Waals surface area contributed by atoms with E-state index in [1.165, 1.54) is 0 Å². The highest BCUT2D eigenvalue weighted by Gasteiger charge is 2.32. The van der Waals surface area contributed by atoms with Crippen molar-refractivity contribution in [3.63, 3.8) is 0 Å². The molecule has 5 heteroatoms. The Morgan fingerprint density at radius 2 is 2.31 bits per heavy atom. The predicted molar refractivity (Wildman–Crippen MR) is 59.4 cm³/mol. The van der Waals surface area contributed by atoms with Crippen molar-refractivity contribution in [3.05, 3.63) is 12.2 Å². The van der Waals surface area contributed by atoms with Crippen molar-refractivity contribution in [1.29, 1.82) is 0 Å². The van der Waals surface area contributed by atoms with Crippen molar-refractivity contribution in [2.24, 2.45) is 11.7 Å². The summed E-state index contributed by atoms with van der Waals surface area (Å²) in [4.78, 5) is 25.0. The molecule has 88 valence electrons. The Hall–Kier alpha value is -1.36. The number of amides is 2. The van der Waals surface area contributed by atoms with Gasteiger partial charge >= 0.3 is 0 Å². The van der Waals surface area contributed by atoms with Gasteiger partial charge in [-0.15, -0.1) is 0 Å². The molecule has 5 nitrogen and oxygen atoms in total. The van der Waals surface area contributed by atoms with Crippen LogP contribution in [0.25, 0.3) is 0 Å². The molecule has 0 aromatic carbocycles. The van der Waals surface area contributed by atoms with Crippen LogP contribution in [0.5, 0.6) is 0 Å². The lowest BCUT2D eigenvalue weighted by atomic mass is 10.1. The zero-order chi connectivity index (χ0) is 11.7. The molecule has 2 rings (SSSR count). The summed E-state index contributed by atoms with van der Waals surface area (Å²) in [7, 11) is 1.75. The van der Waals surface area contributed by atoms with Crippen molar-refractivity contribution < 1.29 is 9.59 Å². The van der Waals surface area contributed by atoms with Crippen LogP contribution in [-0.4, -0.2) is 42.4 Å². The van der Waals surface area contributed by atoms with Crippen molar-refractivity contribution in [2.75, 3.05) is 13.6 Å². The quantitative estimate of drug-likeness (QED) is 0.604. The molecule has 0 aromatic rings. The summed E-state index contributed by atoms with van der Waals surface area (Å²) in [5.74, 6) is -0.258. The average Bonchev–Trinajstić information content (AvgIpc) is 2.79. The molecule has 16 heavy (non-hydrogen) atoms. The van der Waals surface area contributed by atoms with Crippen molar-refractivity contribution in [1.82, 2.24) is 10.2 Å². The van der Waals surface area contributed by atoms with Crippen molar-refractivity contribution >= 4 is 11.8 Å². The number of nitrogens with two attached hydrogens (primary N) is 1. The number of likely N-dealkylation sites (N-methyl/N-ethyl adjacent to an activating group) is 1. The minimum Gasteiger partial charge on any atom is -0.344 e. The van der Waals surface area contributed by atoms with Gasteiger partial charge in [-0.2, -0.15) is 0 Å². The Kier molecular flexibility index (Phi) is 2.96. The lowest BCUT2D eigenvalue weighted by Gasteiger charge is -2.15. The Morgan fingerprint density at radius 3 is 2.81 bits per heavy atom. The number of rotatable bonds is 2. The van der Waals surface area contributed by atoms with E-state index in [1.54, 1.807) is 11.9 Å². The molecule has 2 aliphatic rings. The summed E-state index contributed by atoms with van der Waals surface area (Å²) in [5.41, 5.74) is 5.68. The second kappa shape index (κ2) is 4.25. The van der Waals surface area contributed by atoms with Crippen LogP contribution in [0.3, 0.4) is 0 Å². The van der Waals surface area contributed by atoms with E-state index < -0.39 is 0 Å². The monoisotopic (exact) mass is 223 g/mol. The van der Waals surface area contributed by atoms with E-state index in [0.29, 0.717) is 19.4 Å². The molecule has 0 bridgehead atoms. The first-order valence-corrected chi connectivity index (χ1v) is 5.57. The van der Waals surface area contributed by atoms with E-state index in [2.05, 4.69) is 5.32 Å². The van der Waals surface area contributed by atoms with Gasteiger partial charge in [0, 0.05) is 19.6 Å². The molecular formula is C11H17N3O2. The summed E-state index contributed by atoms with van der Waals surface area (Å²) < 4.78 is 0. The molecule has 1 heterocycles. The molecule has 0 spiro atoms. The van der Waals surface area contributed by atoms with Crippen LogP contribution < -0.4 is 11.1 Å². The summed E-state index contributed by atoms with van der Waals surface area (Å²) in [6.07, 6.45) is 5.00. The number of hydrogen-bond donors (Lipinski definition) is 2. The Bertz CT molecular complexity index is 340. The SMILES string of the molecule is CN1CCC(NC(=O)C2C=CC(N)C2)C1=O. The lowest BCUT2D eigenvalue weighted by molar-refractivity contribution is -0.132. The molecule has 0 aromatic heterocycles. The second-order valence-corrected chi connectivity index (χ2v) is 4.50. The van der Waals surface area contributed by atoms with E-state index in [9.17, 15) is 9.59 Å². The third kappa shape index (κ3) is 2.09. The van der Waals surface area contributed by atoms with Crippen LogP contribution in [0.4, 0.5) is 0 Å². The molecular weight excluding hydrogens is 206 g/mol. The van der Waals surface area contributed by atoms with Gasteiger partial charge in [0.15, 0.2) is 0 Å². The van der Waals surface area contributed by atoms with E-state index >= 15 is 0 Å². The number of nitrogens with one attached hydrogen (secondary N) is 1. The standard InChI is InChI=1S/C11H17N3O2/c1-14-5-4-9(11(14)16)13-10(15)7-2-3-8(12)6-7/h2-3,7-9H,4-6,12H2,1H3,(H,13,15). The molecule has 3 unspecified atom stereocenters. The number of carbonyl (C=O) groups is 2. The maximum Gasteiger partial charge on any atom is 0.244 e. The number of nitrogens with zero attached hydrogens (tertiary/aromatic N) is 1. The fraction of sp³-hybridized carbons (Fsp3) is 0.636. The van der Waals surface area contributed by atoms with Crippen LogP contribution in [0.1, 0.15) is 12.8 Å². The molecule has 3 atom stereocenters. The summed E-state index contributed by atoms with van der Waals surface area (Å²) in [5, 5.41) is 2.78. The molecule has 1 aliphatic carbocycles. The topological polar surface area (TPSA) is 75.4 Å². The lowest BCUT2D eigenvalue weighted by Crippen LogP contribution is -2.43. The molecule has 1 saturated heterocycles.